The maximum atomic E-state index is 12.2. The molecule has 23 heavy (non-hydrogen) atoms. The van der Waals surface area contributed by atoms with Gasteiger partial charge >= 0.3 is 0 Å². The summed E-state index contributed by atoms with van der Waals surface area (Å²) < 4.78 is 1.75. The average Bonchev–Trinajstić information content (AvgIpc) is 2.99. The van der Waals surface area contributed by atoms with Crippen molar-refractivity contribution in [3.8, 4) is 11.4 Å². The zero-order valence-corrected chi connectivity index (χ0v) is 12.3. The summed E-state index contributed by atoms with van der Waals surface area (Å²) in [7, 11) is 0. The Bertz CT molecular complexity index is 854. The third kappa shape index (κ3) is 2.36. The number of nitrogens with one attached hydrogen (secondary N) is 1. The number of hydrogen-bond donors (Lipinski definition) is 2. The second-order valence-corrected chi connectivity index (χ2v) is 5.59. The fraction of sp³-hybridized carbons (Fsp3) is 0.111. The van der Waals surface area contributed by atoms with Crippen LogP contribution in [0.5, 0.6) is 5.75 Å². The Hall–Kier alpha value is -3.08. The minimum Gasteiger partial charge on any atom is -0.508 e. The lowest BCUT2D eigenvalue weighted by atomic mass is 9.87. The van der Waals surface area contributed by atoms with E-state index in [2.05, 4.69) is 10.4 Å². The van der Waals surface area contributed by atoms with Crippen LogP contribution in [0.15, 0.2) is 60.8 Å². The number of rotatable bonds is 2. The zero-order valence-electron chi connectivity index (χ0n) is 12.3. The quantitative estimate of drug-likeness (QED) is 0.764. The van der Waals surface area contributed by atoms with Crippen LogP contribution in [0.4, 0.5) is 5.82 Å². The third-order valence-electron chi connectivity index (χ3n) is 4.12. The first-order chi connectivity index (χ1) is 11.2. The van der Waals surface area contributed by atoms with E-state index in [-0.39, 0.29) is 17.6 Å². The molecule has 2 N–H and O–H groups in total. The van der Waals surface area contributed by atoms with Gasteiger partial charge in [0.25, 0.3) is 0 Å². The number of para-hydroxylation sites is 1. The molecule has 0 radical (unpaired) electrons. The Morgan fingerprint density at radius 3 is 2.57 bits per heavy atom. The molecule has 1 amide bonds. The summed E-state index contributed by atoms with van der Waals surface area (Å²) in [6, 6.07) is 16.7. The van der Waals surface area contributed by atoms with Crippen molar-refractivity contribution in [2.45, 2.75) is 12.3 Å². The van der Waals surface area contributed by atoms with Gasteiger partial charge in [-0.2, -0.15) is 5.10 Å². The van der Waals surface area contributed by atoms with E-state index in [0.717, 1.165) is 16.8 Å². The molecule has 0 saturated heterocycles. The van der Waals surface area contributed by atoms with Crippen LogP contribution in [0, 0.1) is 0 Å². The molecule has 1 aliphatic heterocycles. The van der Waals surface area contributed by atoms with Crippen LogP contribution < -0.4 is 5.32 Å². The van der Waals surface area contributed by atoms with Gasteiger partial charge in [-0.15, -0.1) is 0 Å². The van der Waals surface area contributed by atoms with E-state index in [4.69, 9.17) is 0 Å². The number of hydrogen-bond acceptors (Lipinski definition) is 3. The molecule has 0 aliphatic carbocycles. The lowest BCUT2D eigenvalue weighted by molar-refractivity contribution is -0.116. The second-order valence-electron chi connectivity index (χ2n) is 5.59. The number of carbonyl (C=O) groups excluding carboxylic acids is 1. The van der Waals surface area contributed by atoms with E-state index in [0.29, 0.717) is 12.2 Å². The Kier molecular flexibility index (Phi) is 3.12. The van der Waals surface area contributed by atoms with E-state index in [1.54, 1.807) is 23.0 Å². The maximum absolute atomic E-state index is 12.2. The fourth-order valence-electron chi connectivity index (χ4n) is 2.99. The summed E-state index contributed by atoms with van der Waals surface area (Å²) in [6.07, 6.45) is 2.18. The highest BCUT2D eigenvalue weighted by Crippen LogP contribution is 2.38. The standard InChI is InChI=1S/C18H15N3O2/c22-14-8-6-12(7-9-14)15-10-17(23)20-18-16(15)11-19-21(18)13-4-2-1-3-5-13/h1-9,11,15,22H,10H2,(H,20,23). The summed E-state index contributed by atoms with van der Waals surface area (Å²) in [5, 5.41) is 16.8. The van der Waals surface area contributed by atoms with Crippen LogP contribution in [-0.2, 0) is 4.79 Å². The summed E-state index contributed by atoms with van der Waals surface area (Å²) in [6.45, 7) is 0. The molecule has 0 saturated carbocycles. The molecule has 3 aromatic rings. The lowest BCUT2D eigenvalue weighted by Crippen LogP contribution is -2.24. The van der Waals surface area contributed by atoms with Gasteiger partial charge in [0.05, 0.1) is 11.9 Å². The summed E-state index contributed by atoms with van der Waals surface area (Å²) in [4.78, 5) is 12.2. The number of amides is 1. The summed E-state index contributed by atoms with van der Waals surface area (Å²) >= 11 is 0. The number of phenolic OH excluding ortho intramolecular Hbond substituents is 1. The van der Waals surface area contributed by atoms with Crippen molar-refractivity contribution in [3.05, 3.63) is 71.9 Å². The van der Waals surface area contributed by atoms with Crippen molar-refractivity contribution >= 4 is 11.7 Å². The first-order valence-corrected chi connectivity index (χ1v) is 7.44. The van der Waals surface area contributed by atoms with Crippen LogP contribution >= 0.6 is 0 Å². The zero-order chi connectivity index (χ0) is 15.8. The largest absolute Gasteiger partial charge is 0.508 e. The van der Waals surface area contributed by atoms with Crippen LogP contribution in [0.2, 0.25) is 0 Å². The van der Waals surface area contributed by atoms with Crippen molar-refractivity contribution < 1.29 is 9.90 Å². The van der Waals surface area contributed by atoms with Gasteiger partial charge in [-0.3, -0.25) is 4.79 Å². The minimum absolute atomic E-state index is 0.0340. The monoisotopic (exact) mass is 305 g/mol. The third-order valence-corrected chi connectivity index (χ3v) is 4.12. The van der Waals surface area contributed by atoms with Crippen molar-refractivity contribution in [1.29, 1.82) is 0 Å². The van der Waals surface area contributed by atoms with Gasteiger partial charge < -0.3 is 10.4 Å². The first kappa shape index (κ1) is 13.6. The highest BCUT2D eigenvalue weighted by molar-refractivity contribution is 5.94. The van der Waals surface area contributed by atoms with Gasteiger partial charge in [0, 0.05) is 17.9 Å². The molecule has 114 valence electrons. The Morgan fingerprint density at radius 2 is 1.83 bits per heavy atom. The number of fused-ring (bicyclic) bond motifs is 1. The van der Waals surface area contributed by atoms with Gasteiger partial charge in [0.15, 0.2) is 0 Å². The van der Waals surface area contributed by atoms with Crippen molar-refractivity contribution in [2.24, 2.45) is 0 Å². The molecule has 1 atom stereocenters. The van der Waals surface area contributed by atoms with Crippen LogP contribution in [0.25, 0.3) is 5.69 Å². The molecular formula is C18H15N3O2. The van der Waals surface area contributed by atoms with Crippen molar-refractivity contribution in [1.82, 2.24) is 9.78 Å². The normalized spacial score (nSPS) is 16.7. The molecule has 5 nitrogen and oxygen atoms in total. The highest BCUT2D eigenvalue weighted by atomic mass is 16.3. The van der Waals surface area contributed by atoms with Crippen LogP contribution in [0.3, 0.4) is 0 Å². The van der Waals surface area contributed by atoms with Gasteiger partial charge in [-0.25, -0.2) is 4.68 Å². The smallest absolute Gasteiger partial charge is 0.226 e. The molecule has 0 bridgehead atoms. The molecule has 2 aromatic carbocycles. The van der Waals surface area contributed by atoms with Crippen molar-refractivity contribution in [2.75, 3.05) is 5.32 Å². The maximum Gasteiger partial charge on any atom is 0.226 e. The molecule has 1 unspecified atom stereocenters. The molecule has 1 aromatic heterocycles. The number of benzene rings is 2. The van der Waals surface area contributed by atoms with E-state index in [1.165, 1.54) is 0 Å². The molecule has 1 aliphatic rings. The van der Waals surface area contributed by atoms with E-state index < -0.39 is 0 Å². The first-order valence-electron chi connectivity index (χ1n) is 7.44. The highest BCUT2D eigenvalue weighted by Gasteiger charge is 2.30. The number of aromatic nitrogens is 2. The number of carbonyl (C=O) groups is 1. The number of anilines is 1. The lowest BCUT2D eigenvalue weighted by Gasteiger charge is -2.23. The van der Waals surface area contributed by atoms with Gasteiger partial charge in [0.1, 0.15) is 11.6 Å². The van der Waals surface area contributed by atoms with Gasteiger partial charge in [-0.1, -0.05) is 30.3 Å². The molecule has 4 rings (SSSR count). The SMILES string of the molecule is O=C1CC(c2ccc(O)cc2)c2cnn(-c3ccccc3)c2N1. The predicted octanol–water partition coefficient (Wildman–Crippen LogP) is 3.05. The molecular weight excluding hydrogens is 290 g/mol. The molecule has 5 heteroatoms. The van der Waals surface area contributed by atoms with Crippen LogP contribution in [-0.4, -0.2) is 20.8 Å². The van der Waals surface area contributed by atoms with Crippen molar-refractivity contribution in [3.63, 3.8) is 0 Å². The Morgan fingerprint density at radius 1 is 1.09 bits per heavy atom. The topological polar surface area (TPSA) is 67.1 Å². The Labute approximate surface area is 133 Å². The van der Waals surface area contributed by atoms with E-state index in [9.17, 15) is 9.90 Å². The molecule has 0 fully saturated rings. The Balaban J connectivity index is 1.81. The van der Waals surface area contributed by atoms with Gasteiger partial charge in [0.2, 0.25) is 5.91 Å². The minimum atomic E-state index is -0.0585. The number of nitrogens with zero attached hydrogens (tertiary/aromatic N) is 2. The fourth-order valence-corrected chi connectivity index (χ4v) is 2.99. The summed E-state index contributed by atoms with van der Waals surface area (Å²) in [5.74, 6) is 0.838. The van der Waals surface area contributed by atoms with E-state index in [1.807, 2.05) is 42.5 Å². The van der Waals surface area contributed by atoms with E-state index >= 15 is 0 Å². The van der Waals surface area contributed by atoms with Gasteiger partial charge in [-0.05, 0) is 29.8 Å². The van der Waals surface area contributed by atoms with Crippen LogP contribution in [0.1, 0.15) is 23.5 Å². The molecule has 2 heterocycles. The summed E-state index contributed by atoms with van der Waals surface area (Å²) in [5.41, 5.74) is 2.88. The number of aromatic hydroxyl groups is 1. The number of phenols is 1. The average molecular weight is 305 g/mol. The molecule has 0 spiro atoms. The predicted molar refractivity (Wildman–Crippen MR) is 86.8 cm³/mol. The second kappa shape index (κ2) is 5.28.